The Balaban J connectivity index is 0.000000779. The number of pyridine rings is 3. The average molecular weight is 2320 g/mol. The Morgan fingerprint density at radius 2 is 0.735 bits per heavy atom. The molecular formula is C114H151N31W2. The van der Waals surface area contributed by atoms with Crippen molar-refractivity contribution in [1.29, 1.82) is 0 Å². The van der Waals surface area contributed by atoms with Crippen molar-refractivity contribution >= 4 is 80.9 Å². The van der Waals surface area contributed by atoms with Crippen molar-refractivity contribution in [3.63, 3.8) is 0 Å². The van der Waals surface area contributed by atoms with Gasteiger partial charge in [-0.3, -0.25) is 36.2 Å². The molecule has 0 bridgehead atoms. The van der Waals surface area contributed by atoms with E-state index in [2.05, 4.69) is 161 Å². The van der Waals surface area contributed by atoms with Gasteiger partial charge in [0.15, 0.2) is 11.3 Å². The molecule has 0 saturated carbocycles. The first kappa shape index (κ1) is 129. The van der Waals surface area contributed by atoms with Gasteiger partial charge in [-0.2, -0.15) is 37.8 Å². The largest absolute Gasteiger partial charge is 2.00 e. The minimum absolute atomic E-state index is 0. The van der Waals surface area contributed by atoms with Gasteiger partial charge in [-0.05, 0) is 166 Å². The maximum atomic E-state index is 5.11. The Morgan fingerprint density at radius 3 is 1.33 bits per heavy atom. The summed E-state index contributed by atoms with van der Waals surface area (Å²) in [6.07, 6.45) is 73.7. The summed E-state index contributed by atoms with van der Waals surface area (Å²) in [6.45, 7) is 54.9. The summed E-state index contributed by atoms with van der Waals surface area (Å²) in [6, 6.07) is 59.3. The zero-order valence-electron chi connectivity index (χ0n) is 90.3. The van der Waals surface area contributed by atoms with Crippen LogP contribution in [0.15, 0.2) is 380 Å². The van der Waals surface area contributed by atoms with Gasteiger partial charge in [0.25, 0.3) is 0 Å². The molecule has 0 unspecified atom stereocenters. The first-order valence-electron chi connectivity index (χ1n) is 50.0. The van der Waals surface area contributed by atoms with Gasteiger partial charge in [0.2, 0.25) is 0 Å². The third kappa shape index (κ3) is 44.5. The minimum atomic E-state index is 0. The Bertz CT molecular complexity index is 6050. The summed E-state index contributed by atoms with van der Waals surface area (Å²) >= 11 is 0. The molecule has 23 aromatic rings. The van der Waals surface area contributed by atoms with E-state index in [1.165, 1.54) is 23.0 Å². The van der Waals surface area contributed by atoms with E-state index in [0.29, 0.717) is 0 Å². The van der Waals surface area contributed by atoms with Gasteiger partial charge in [-0.15, -0.1) is 36.7 Å². The molecule has 0 saturated heterocycles. The van der Waals surface area contributed by atoms with Gasteiger partial charge >= 0.3 is 21.1 Å². The smallest absolute Gasteiger partial charge is 0.749 e. The fourth-order valence-electron chi connectivity index (χ4n) is 12.1. The molecule has 33 heteroatoms. The molecule has 0 N–H and O–H groups in total. The normalized spacial score (nSPS) is 9.91. The van der Waals surface area contributed by atoms with E-state index in [-0.39, 0.29) is 42.1 Å². The van der Waals surface area contributed by atoms with E-state index >= 15 is 0 Å². The predicted octanol–water partition coefficient (Wildman–Crippen LogP) is 26.5. The number of fused-ring (bicyclic) bond motifs is 13. The first-order valence-corrected chi connectivity index (χ1v) is 50.0. The number of rotatable bonds is 1. The van der Waals surface area contributed by atoms with Gasteiger partial charge in [0, 0.05) is 218 Å². The van der Waals surface area contributed by atoms with Crippen LogP contribution in [0.2, 0.25) is 0 Å². The molecule has 0 aromatic carbocycles. The second-order valence-corrected chi connectivity index (χ2v) is 26.5. The molecule has 27 rings (SSSR count). The van der Waals surface area contributed by atoms with Crippen LogP contribution in [0, 0.1) is 27.4 Å². The molecule has 0 atom stereocenters. The van der Waals surface area contributed by atoms with Crippen LogP contribution in [0.3, 0.4) is 0 Å². The Hall–Kier alpha value is -15.9. The van der Waals surface area contributed by atoms with Crippen molar-refractivity contribution in [3.05, 3.63) is 433 Å². The van der Waals surface area contributed by atoms with Crippen molar-refractivity contribution in [2.75, 3.05) is 0 Å². The number of nitrogens with zero attached hydrogens (tertiary/aromatic N) is 31. The second-order valence-electron chi connectivity index (χ2n) is 26.5. The predicted molar refractivity (Wildman–Crippen MR) is 601 cm³/mol. The number of allylic oxidation sites excluding steroid dienone is 4. The van der Waals surface area contributed by atoms with Gasteiger partial charge in [-0.25, -0.2) is 42.7 Å². The van der Waals surface area contributed by atoms with Gasteiger partial charge < -0.3 is 32.8 Å². The number of aryl methyl sites for hydroxylation is 3. The SMILES string of the molecule is C1=Cn2cccc2C1.C1=Cn2nccc2C1.CC.CC.CC.CC.CC.CC.CC.CC.CC.CC.CC.Cc1nnc2ccccn12.Cc1nnc2n1C=CC2.Cc1nnc2n1C=CC2.[CH-]=Cc1ccc[n-]1.[W+2].[W].c1cc2cnccn2c1.c1ccn2cccc2c1.c1ccn2nccc2c1.c1cn2cncc2cn1.c1cnc2cccn2c1.c1cnc2ccnn2c1.c1cnn2cccc2c1.c1cnn2cncc2c1. The molecule has 31 nitrogen and oxygen atoms in total. The molecule has 774 valence electrons. The first-order chi connectivity index (χ1) is 71.7. The van der Waals surface area contributed by atoms with Crippen LogP contribution in [0.1, 0.15) is 199 Å². The molecule has 4 aliphatic heterocycles. The van der Waals surface area contributed by atoms with E-state index in [9.17, 15) is 0 Å². The zero-order valence-corrected chi connectivity index (χ0v) is 96.1. The molecular weight excluding hydrogens is 2170 g/mol. The number of hydrogen-bond acceptors (Lipinski definition) is 17. The molecule has 147 heavy (non-hydrogen) atoms. The van der Waals surface area contributed by atoms with Crippen LogP contribution in [0.5, 0.6) is 0 Å². The van der Waals surface area contributed by atoms with Crippen LogP contribution >= 0.6 is 0 Å². The van der Waals surface area contributed by atoms with E-state index in [4.69, 9.17) is 6.58 Å². The zero-order chi connectivity index (χ0) is 106. The summed E-state index contributed by atoms with van der Waals surface area (Å²) in [5.74, 6) is 4.97. The average Bonchev–Trinajstić information content (AvgIpc) is 1.71. The van der Waals surface area contributed by atoms with Crippen LogP contribution in [0.25, 0.3) is 80.9 Å². The Labute approximate surface area is 897 Å². The van der Waals surface area contributed by atoms with E-state index in [1.54, 1.807) is 96.0 Å². The summed E-state index contributed by atoms with van der Waals surface area (Å²) in [4.78, 5) is 27.7. The summed E-state index contributed by atoms with van der Waals surface area (Å²) in [7, 11) is 0. The maximum Gasteiger partial charge on any atom is 2.00 e. The molecule has 4 aliphatic rings. The standard InChI is InChI=1S/C8H7N.C7H7N3.4C7H6N2.C7H7N.2C6H7N3.3C6H5N3.C6H6N2.C6H5N.11C2H6.2W/c1-2-6-9-7-3-5-8(9)4-1;1-6-8-9-7-4-2-3-5-10(6)7;1-3-7-8-4-2-6-9(7)5-1;1-3-7-4-2-6-9(7)8-5-1;1-2-7-6-8-3-5-9(7)4-1;1-2-6-9-7(3-1)4-5-8-9;1-3-7-4-2-6-8(7)5-1;2*1-5-7-8-6-3-2-4-9(5)6;1-3-7-6-2-4-8-9(6)5-1;1-2-9-5-8-4-6(9)3-7-1;1-2-6-4-7-5-9(6)8-3-1;1-2-6-3-4-7-8(6)5-1;1-2-6-4-3-5-7-6;11*1-2;;/h1-7H;2-5H,1H3;4*1-6H;1-3,5-6H,4H2;2*2,4H,3H2,1H3;3*1-5H;1,3-5H,2H2;1-5H;11*1-2H3;;/q;;;;;;;;;;;;;-2;;;;;;;;;;;;;+2. The Kier molecular flexibility index (Phi) is 71.6. The van der Waals surface area contributed by atoms with Crippen molar-refractivity contribution in [2.24, 2.45) is 0 Å². The van der Waals surface area contributed by atoms with E-state index in [1.807, 2.05) is 470 Å². The molecule has 0 spiro atoms. The fraction of sp³-hybridized carbons (Fsp3) is 0.254. The summed E-state index contributed by atoms with van der Waals surface area (Å²) in [5.41, 5.74) is 13.0. The van der Waals surface area contributed by atoms with Gasteiger partial charge in [0.1, 0.15) is 41.1 Å². The minimum Gasteiger partial charge on any atom is -0.749 e. The van der Waals surface area contributed by atoms with E-state index in [0.717, 1.165) is 105 Å². The molecule has 27 heterocycles. The van der Waals surface area contributed by atoms with E-state index < -0.39 is 0 Å². The van der Waals surface area contributed by atoms with Crippen LogP contribution < -0.4 is 4.98 Å². The monoisotopic (exact) mass is 2320 g/mol. The molecule has 0 fully saturated rings. The van der Waals surface area contributed by atoms with Crippen LogP contribution in [0.4, 0.5) is 0 Å². The third-order valence-electron chi connectivity index (χ3n) is 18.3. The fourth-order valence-corrected chi connectivity index (χ4v) is 12.1. The van der Waals surface area contributed by atoms with Gasteiger partial charge in [-0.1, -0.05) is 195 Å². The van der Waals surface area contributed by atoms with Crippen molar-refractivity contribution in [1.82, 2.24) is 149 Å². The topological polar surface area (TPSA) is 293 Å². The summed E-state index contributed by atoms with van der Waals surface area (Å²) < 4.78 is 25.1. The molecule has 23 aromatic heterocycles. The van der Waals surface area contributed by atoms with Gasteiger partial charge in [0.05, 0.1) is 64.9 Å². The summed E-state index contributed by atoms with van der Waals surface area (Å²) in [5, 5.41) is 43.6. The molecule has 0 radical (unpaired) electrons. The maximum absolute atomic E-state index is 5.11. The third-order valence-corrected chi connectivity index (χ3v) is 18.3. The molecule has 0 amide bonds. The van der Waals surface area contributed by atoms with Crippen molar-refractivity contribution in [3.8, 4) is 0 Å². The van der Waals surface area contributed by atoms with Crippen LogP contribution in [-0.2, 0) is 67.8 Å². The number of imidazole rings is 2. The van der Waals surface area contributed by atoms with Crippen LogP contribution in [-0.4, -0.2) is 144 Å². The second kappa shape index (κ2) is 81.5. The number of hydrogen-bond donors (Lipinski definition) is 0. The molecule has 0 aliphatic carbocycles. The Morgan fingerprint density at radius 1 is 0.286 bits per heavy atom. The van der Waals surface area contributed by atoms with Crippen molar-refractivity contribution < 1.29 is 42.1 Å². The quantitative estimate of drug-likeness (QED) is 0.138. The number of aromatic nitrogens is 31. The van der Waals surface area contributed by atoms with Crippen molar-refractivity contribution in [2.45, 2.75) is 199 Å².